The van der Waals surface area contributed by atoms with E-state index in [0.29, 0.717) is 6.07 Å². The van der Waals surface area contributed by atoms with Crippen LogP contribution in [0.5, 0.6) is 11.5 Å². The summed E-state index contributed by atoms with van der Waals surface area (Å²) >= 11 is 5.87. The first-order chi connectivity index (χ1) is 14.0. The fraction of sp³-hybridized carbons (Fsp3) is 0.222. The molecule has 0 fully saturated rings. The second kappa shape index (κ2) is 8.99. The summed E-state index contributed by atoms with van der Waals surface area (Å²) < 4.78 is 43.9. The molecule has 8 nitrogen and oxygen atoms in total. The molecule has 160 valence electrons. The van der Waals surface area contributed by atoms with E-state index in [-0.39, 0.29) is 28.5 Å². The Kier molecular flexibility index (Phi) is 6.88. The molecule has 0 N–H and O–H groups in total. The first-order valence-electron chi connectivity index (χ1n) is 8.20. The van der Waals surface area contributed by atoms with E-state index in [0.717, 1.165) is 31.2 Å². The Balaban J connectivity index is 2.51. The molecule has 2 aromatic carbocycles. The maximum Gasteiger partial charge on any atom is 0.416 e. The van der Waals surface area contributed by atoms with Gasteiger partial charge in [0.2, 0.25) is 0 Å². The molecular weight excluding hydrogens is 435 g/mol. The third kappa shape index (κ3) is 5.17. The highest BCUT2D eigenvalue weighted by molar-refractivity contribution is 6.32. The molecule has 0 saturated heterocycles. The molecule has 0 aliphatic rings. The van der Waals surface area contributed by atoms with Crippen molar-refractivity contribution < 1.29 is 42.2 Å². The summed E-state index contributed by atoms with van der Waals surface area (Å²) in [6, 6.07) is 4.48. The fourth-order valence-corrected chi connectivity index (χ4v) is 2.68. The van der Waals surface area contributed by atoms with Crippen LogP contribution in [0.3, 0.4) is 0 Å². The monoisotopic (exact) mass is 447 g/mol. The highest BCUT2D eigenvalue weighted by Crippen LogP contribution is 2.39. The molecule has 12 heteroatoms. The van der Waals surface area contributed by atoms with Crippen molar-refractivity contribution in [2.75, 3.05) is 0 Å². The average Bonchev–Trinajstić information content (AvgIpc) is 2.66. The zero-order chi connectivity index (χ0) is 22.6. The van der Waals surface area contributed by atoms with E-state index >= 15 is 0 Å². The van der Waals surface area contributed by atoms with E-state index < -0.39 is 39.9 Å². The predicted molar refractivity (Wildman–Crippen MR) is 96.2 cm³/mol. The average molecular weight is 448 g/mol. The van der Waals surface area contributed by atoms with Crippen LogP contribution < -0.4 is 4.74 Å². The molecule has 0 aliphatic carbocycles. The van der Waals surface area contributed by atoms with Crippen LogP contribution in [-0.4, -0.2) is 16.9 Å². The first kappa shape index (κ1) is 22.9. The maximum atomic E-state index is 12.8. The second-order valence-electron chi connectivity index (χ2n) is 5.74. The van der Waals surface area contributed by atoms with Crippen LogP contribution in [0.1, 0.15) is 35.3 Å². The summed E-state index contributed by atoms with van der Waals surface area (Å²) in [5.41, 5.74) is -2.18. The van der Waals surface area contributed by atoms with Crippen LogP contribution in [0.15, 0.2) is 30.3 Å². The lowest BCUT2D eigenvalue weighted by molar-refractivity contribution is -0.385. The first-order valence-corrected chi connectivity index (χ1v) is 8.57. The van der Waals surface area contributed by atoms with Crippen molar-refractivity contribution in [1.29, 1.82) is 0 Å². The Bertz CT molecular complexity index is 1010. The van der Waals surface area contributed by atoms with Gasteiger partial charge in [0, 0.05) is 18.6 Å². The Labute approximate surface area is 172 Å². The normalized spacial score (nSPS) is 11.0. The minimum absolute atomic E-state index is 0.00248. The topological polar surface area (TPSA) is 105 Å². The molecule has 0 unspecified atom stereocenters. The lowest BCUT2D eigenvalue weighted by atomic mass is 10.0. The number of rotatable bonds is 5. The Morgan fingerprint density at radius 1 is 1.13 bits per heavy atom. The molecule has 0 bridgehead atoms. The molecule has 0 amide bonds. The number of hydrogen-bond donors (Lipinski definition) is 0. The standard InChI is InChI=1S/C18H13ClF3NO7/c1-3-11-14(28-15-6-4-10(8-12(15)19)18(20,21)22)7-5-13(23(26)27)16(11)17(25)30-29-9(2)24/h4-8H,3H2,1-2H3. The quantitative estimate of drug-likeness (QED) is 0.350. The van der Waals surface area contributed by atoms with E-state index in [2.05, 4.69) is 9.78 Å². The van der Waals surface area contributed by atoms with Crippen LogP contribution in [-0.2, 0) is 27.2 Å². The predicted octanol–water partition coefficient (Wildman–Crippen LogP) is 5.26. The number of carbonyl (C=O) groups excluding carboxylic acids is 2. The summed E-state index contributed by atoms with van der Waals surface area (Å²) in [5.74, 6) is -2.54. The zero-order valence-corrected chi connectivity index (χ0v) is 16.2. The fourth-order valence-electron chi connectivity index (χ4n) is 2.46. The van der Waals surface area contributed by atoms with E-state index in [1.54, 1.807) is 6.92 Å². The summed E-state index contributed by atoms with van der Waals surface area (Å²) in [7, 11) is 0. The van der Waals surface area contributed by atoms with Crippen molar-refractivity contribution in [1.82, 2.24) is 0 Å². The number of alkyl halides is 3. The summed E-state index contributed by atoms with van der Waals surface area (Å²) in [6.45, 7) is 2.50. The lowest BCUT2D eigenvalue weighted by Gasteiger charge is -2.15. The summed E-state index contributed by atoms with van der Waals surface area (Å²) in [5, 5.41) is 10.9. The minimum Gasteiger partial charge on any atom is -0.455 e. The van der Waals surface area contributed by atoms with Gasteiger partial charge in [0.15, 0.2) is 0 Å². The van der Waals surface area contributed by atoms with Crippen molar-refractivity contribution >= 4 is 29.2 Å². The number of nitrogens with zero attached hydrogens (tertiary/aromatic N) is 1. The van der Waals surface area contributed by atoms with Gasteiger partial charge in [-0.05, 0) is 30.7 Å². The number of halogens is 4. The number of nitro groups is 1. The molecule has 0 aromatic heterocycles. The smallest absolute Gasteiger partial charge is 0.416 e. The minimum atomic E-state index is -4.61. The van der Waals surface area contributed by atoms with Crippen LogP contribution in [0.4, 0.5) is 18.9 Å². The van der Waals surface area contributed by atoms with Crippen molar-refractivity contribution in [2.45, 2.75) is 26.4 Å². The molecule has 0 atom stereocenters. The molecule has 2 rings (SSSR count). The molecule has 0 heterocycles. The molecule has 0 aliphatic heterocycles. The number of carbonyl (C=O) groups is 2. The number of nitro benzene ring substituents is 1. The highest BCUT2D eigenvalue weighted by Gasteiger charge is 2.32. The van der Waals surface area contributed by atoms with Crippen LogP contribution >= 0.6 is 11.6 Å². The van der Waals surface area contributed by atoms with Crippen molar-refractivity contribution in [2.24, 2.45) is 0 Å². The van der Waals surface area contributed by atoms with Crippen molar-refractivity contribution in [3.8, 4) is 11.5 Å². The van der Waals surface area contributed by atoms with Gasteiger partial charge in [0.1, 0.15) is 17.1 Å². The molecule has 0 saturated carbocycles. The largest absolute Gasteiger partial charge is 0.455 e. The van der Waals surface area contributed by atoms with Crippen molar-refractivity contribution in [3.05, 3.63) is 62.2 Å². The van der Waals surface area contributed by atoms with Crippen molar-refractivity contribution in [3.63, 3.8) is 0 Å². The van der Waals surface area contributed by atoms with Gasteiger partial charge in [-0.3, -0.25) is 10.1 Å². The van der Waals surface area contributed by atoms with Gasteiger partial charge >= 0.3 is 18.1 Å². The number of benzene rings is 2. The maximum absolute atomic E-state index is 12.8. The van der Waals surface area contributed by atoms with Gasteiger partial charge in [0.05, 0.1) is 15.5 Å². The Morgan fingerprint density at radius 3 is 2.27 bits per heavy atom. The molecule has 2 aromatic rings. The SMILES string of the molecule is CCc1c(Oc2ccc(C(F)(F)F)cc2Cl)ccc([N+](=O)[O-])c1C(=O)OOC(C)=O. The number of hydrogen-bond acceptors (Lipinski definition) is 7. The van der Waals surface area contributed by atoms with Gasteiger partial charge in [-0.2, -0.15) is 13.2 Å². The van der Waals surface area contributed by atoms with Gasteiger partial charge in [-0.1, -0.05) is 18.5 Å². The van der Waals surface area contributed by atoms with Gasteiger partial charge in [0.25, 0.3) is 5.69 Å². The third-order valence-electron chi connectivity index (χ3n) is 3.72. The molecule has 30 heavy (non-hydrogen) atoms. The van der Waals surface area contributed by atoms with E-state index in [9.17, 15) is 32.9 Å². The molecule has 0 radical (unpaired) electrons. The van der Waals surface area contributed by atoms with Crippen LogP contribution in [0.25, 0.3) is 0 Å². The van der Waals surface area contributed by atoms with E-state index in [4.69, 9.17) is 16.3 Å². The van der Waals surface area contributed by atoms with E-state index in [1.807, 2.05) is 0 Å². The zero-order valence-electron chi connectivity index (χ0n) is 15.4. The third-order valence-corrected chi connectivity index (χ3v) is 4.01. The van der Waals surface area contributed by atoms with Crippen LogP contribution in [0.2, 0.25) is 5.02 Å². The summed E-state index contributed by atoms with van der Waals surface area (Å²) in [4.78, 5) is 42.0. The van der Waals surface area contributed by atoms with Gasteiger partial charge in [-0.25, -0.2) is 19.4 Å². The Morgan fingerprint density at radius 2 is 1.77 bits per heavy atom. The second-order valence-corrected chi connectivity index (χ2v) is 6.14. The Hall–Kier alpha value is -3.34. The lowest BCUT2D eigenvalue weighted by Crippen LogP contribution is -2.14. The van der Waals surface area contributed by atoms with Gasteiger partial charge in [-0.15, -0.1) is 0 Å². The molecular formula is C18H13ClF3NO7. The van der Waals surface area contributed by atoms with Crippen LogP contribution in [0, 0.1) is 10.1 Å². The summed E-state index contributed by atoms with van der Waals surface area (Å²) in [6.07, 6.45) is -4.59. The highest BCUT2D eigenvalue weighted by atomic mass is 35.5. The number of ether oxygens (including phenoxy) is 1. The van der Waals surface area contributed by atoms with E-state index in [1.165, 1.54) is 0 Å². The molecule has 0 spiro atoms. The van der Waals surface area contributed by atoms with Gasteiger partial charge < -0.3 is 4.74 Å².